The van der Waals surface area contributed by atoms with Crippen LogP contribution in [0.3, 0.4) is 0 Å². The van der Waals surface area contributed by atoms with Gasteiger partial charge in [-0.3, -0.25) is 0 Å². The molecule has 0 aliphatic rings. The number of hydrogen-bond acceptors (Lipinski definition) is 1. The lowest BCUT2D eigenvalue weighted by Gasteiger charge is -1.94. The van der Waals surface area contributed by atoms with Gasteiger partial charge in [0.15, 0.2) is 0 Å². The fourth-order valence-corrected chi connectivity index (χ4v) is 0.936. The zero-order chi connectivity index (χ0) is 10.4. The molecule has 74 valence electrons. The maximum absolute atomic E-state index is 13.0. The van der Waals surface area contributed by atoms with E-state index in [0.717, 1.165) is 0 Å². The minimum Gasteiger partial charge on any atom is -0.396 e. The van der Waals surface area contributed by atoms with Gasteiger partial charge in [0.25, 0.3) is 0 Å². The molecular formula is C11H10F2O. The summed E-state index contributed by atoms with van der Waals surface area (Å²) in [5.41, 5.74) is -0.203. The highest BCUT2D eigenvalue weighted by Crippen LogP contribution is 2.09. The number of rotatable bonds is 2. The maximum Gasteiger partial charge on any atom is 0.141 e. The first-order chi connectivity index (χ1) is 6.75. The predicted molar refractivity (Wildman–Crippen MR) is 49.6 cm³/mol. The van der Waals surface area contributed by atoms with Gasteiger partial charge in [-0.05, 0) is 18.6 Å². The quantitative estimate of drug-likeness (QED) is 0.567. The summed E-state index contributed by atoms with van der Waals surface area (Å²) in [6, 6.07) is 3.63. The third-order valence-corrected chi connectivity index (χ3v) is 1.64. The summed E-state index contributed by atoms with van der Waals surface area (Å²) < 4.78 is 25.9. The number of aliphatic hydroxyl groups is 1. The van der Waals surface area contributed by atoms with Crippen LogP contribution in [0.2, 0.25) is 0 Å². The van der Waals surface area contributed by atoms with Crippen LogP contribution in [0, 0.1) is 23.5 Å². The number of aliphatic hydroxyl groups excluding tert-OH is 1. The van der Waals surface area contributed by atoms with E-state index in [2.05, 4.69) is 11.8 Å². The molecule has 0 fully saturated rings. The second kappa shape index (κ2) is 5.36. The van der Waals surface area contributed by atoms with E-state index in [1.165, 1.54) is 18.2 Å². The van der Waals surface area contributed by atoms with Crippen molar-refractivity contribution in [2.24, 2.45) is 0 Å². The highest BCUT2D eigenvalue weighted by molar-refractivity contribution is 5.36. The largest absolute Gasteiger partial charge is 0.396 e. The number of hydrogen-bond donors (Lipinski definition) is 1. The van der Waals surface area contributed by atoms with Crippen molar-refractivity contribution in [2.45, 2.75) is 12.8 Å². The molecule has 0 heterocycles. The molecular weight excluding hydrogens is 186 g/mol. The summed E-state index contributed by atoms with van der Waals surface area (Å²) in [5, 5.41) is 8.46. The topological polar surface area (TPSA) is 20.2 Å². The van der Waals surface area contributed by atoms with Crippen LogP contribution < -0.4 is 0 Å². The summed E-state index contributed by atoms with van der Waals surface area (Å²) in [4.78, 5) is 0. The van der Waals surface area contributed by atoms with Gasteiger partial charge in [-0.15, -0.1) is 0 Å². The maximum atomic E-state index is 13.0. The van der Waals surface area contributed by atoms with E-state index in [1.807, 2.05) is 0 Å². The molecule has 3 heteroatoms. The molecule has 0 bridgehead atoms. The molecule has 0 atom stereocenters. The third kappa shape index (κ3) is 2.82. The Morgan fingerprint density at radius 2 is 1.86 bits per heavy atom. The minimum atomic E-state index is -0.651. The average molecular weight is 196 g/mol. The smallest absolute Gasteiger partial charge is 0.141 e. The summed E-state index contributed by atoms with van der Waals surface area (Å²) >= 11 is 0. The van der Waals surface area contributed by atoms with Crippen LogP contribution in [-0.4, -0.2) is 11.7 Å². The fourth-order valence-electron chi connectivity index (χ4n) is 0.936. The van der Waals surface area contributed by atoms with Gasteiger partial charge >= 0.3 is 0 Å². The van der Waals surface area contributed by atoms with Crippen LogP contribution in [0.1, 0.15) is 18.4 Å². The molecule has 1 rings (SSSR count). The molecule has 0 amide bonds. The molecule has 0 radical (unpaired) electrons. The van der Waals surface area contributed by atoms with Crippen LogP contribution in [0.15, 0.2) is 18.2 Å². The first kappa shape index (κ1) is 10.7. The zero-order valence-electron chi connectivity index (χ0n) is 7.56. The Bertz CT molecular complexity index is 343. The lowest BCUT2D eigenvalue weighted by atomic mass is 10.2. The summed E-state index contributed by atoms with van der Waals surface area (Å²) in [6.07, 6.45) is 0.952. The van der Waals surface area contributed by atoms with Crippen molar-refractivity contribution in [3.05, 3.63) is 35.4 Å². The highest BCUT2D eigenvalue weighted by Gasteiger charge is 2.03. The van der Waals surface area contributed by atoms with Crippen molar-refractivity contribution in [2.75, 3.05) is 6.61 Å². The van der Waals surface area contributed by atoms with Gasteiger partial charge < -0.3 is 5.11 Å². The lowest BCUT2D eigenvalue weighted by Crippen LogP contribution is -1.88. The van der Waals surface area contributed by atoms with Crippen LogP contribution in [0.5, 0.6) is 0 Å². The highest BCUT2D eigenvalue weighted by atomic mass is 19.1. The minimum absolute atomic E-state index is 0.0361. The molecule has 0 aliphatic heterocycles. The van der Waals surface area contributed by atoms with Crippen molar-refractivity contribution in [3.8, 4) is 11.8 Å². The molecule has 1 aromatic carbocycles. The normalized spacial score (nSPS) is 9.36. The van der Waals surface area contributed by atoms with E-state index in [-0.39, 0.29) is 12.2 Å². The Balaban J connectivity index is 2.78. The van der Waals surface area contributed by atoms with Crippen LogP contribution in [-0.2, 0) is 0 Å². The Kier molecular flexibility index (Phi) is 4.09. The lowest BCUT2D eigenvalue weighted by molar-refractivity contribution is 0.290. The van der Waals surface area contributed by atoms with Gasteiger partial charge in [-0.25, -0.2) is 8.78 Å². The van der Waals surface area contributed by atoms with E-state index >= 15 is 0 Å². The molecule has 0 saturated carbocycles. The first-order valence-electron chi connectivity index (χ1n) is 4.29. The van der Waals surface area contributed by atoms with Gasteiger partial charge in [0.05, 0.1) is 5.56 Å². The van der Waals surface area contributed by atoms with Crippen LogP contribution >= 0.6 is 0 Å². The standard InChI is InChI=1S/C11H10F2O/c12-10-6-4-7-11(13)9(10)5-2-1-3-8-14/h4,6-7,14H,1,3,8H2. The van der Waals surface area contributed by atoms with Crippen molar-refractivity contribution in [1.82, 2.24) is 0 Å². The molecule has 1 aromatic rings. The van der Waals surface area contributed by atoms with Gasteiger partial charge in [0.2, 0.25) is 0 Å². The fraction of sp³-hybridized carbons (Fsp3) is 0.273. The summed E-state index contributed by atoms with van der Waals surface area (Å²) in [5.74, 6) is 3.70. The Morgan fingerprint density at radius 3 is 2.43 bits per heavy atom. The molecule has 0 aliphatic carbocycles. The van der Waals surface area contributed by atoms with Gasteiger partial charge in [0, 0.05) is 13.0 Å². The van der Waals surface area contributed by atoms with Crippen molar-refractivity contribution in [1.29, 1.82) is 0 Å². The summed E-state index contributed by atoms with van der Waals surface area (Å²) in [7, 11) is 0. The Hall–Kier alpha value is -1.40. The SMILES string of the molecule is OCCCC#Cc1c(F)cccc1F. The Labute approximate surface area is 81.4 Å². The first-order valence-corrected chi connectivity index (χ1v) is 4.29. The predicted octanol–water partition coefficient (Wildman–Crippen LogP) is 2.09. The third-order valence-electron chi connectivity index (χ3n) is 1.64. The number of halogens is 2. The zero-order valence-corrected chi connectivity index (χ0v) is 7.56. The van der Waals surface area contributed by atoms with E-state index in [0.29, 0.717) is 12.8 Å². The molecule has 0 aromatic heterocycles. The van der Waals surface area contributed by atoms with Crippen LogP contribution in [0.4, 0.5) is 8.78 Å². The van der Waals surface area contributed by atoms with Gasteiger partial charge in [-0.1, -0.05) is 17.9 Å². The average Bonchev–Trinajstić information content (AvgIpc) is 2.16. The molecule has 0 unspecified atom stereocenters. The molecule has 0 spiro atoms. The molecule has 14 heavy (non-hydrogen) atoms. The van der Waals surface area contributed by atoms with Gasteiger partial charge in [-0.2, -0.15) is 0 Å². The number of benzene rings is 1. The van der Waals surface area contributed by atoms with E-state index in [1.54, 1.807) is 0 Å². The monoisotopic (exact) mass is 196 g/mol. The molecule has 1 N–H and O–H groups in total. The number of unbranched alkanes of at least 4 members (excludes halogenated alkanes) is 1. The Morgan fingerprint density at radius 1 is 1.21 bits per heavy atom. The van der Waals surface area contributed by atoms with E-state index in [9.17, 15) is 8.78 Å². The second-order valence-electron chi connectivity index (χ2n) is 2.73. The van der Waals surface area contributed by atoms with Gasteiger partial charge in [0.1, 0.15) is 11.6 Å². The van der Waals surface area contributed by atoms with Crippen molar-refractivity contribution < 1.29 is 13.9 Å². The summed E-state index contributed by atoms with van der Waals surface area (Å²) in [6.45, 7) is 0.0361. The van der Waals surface area contributed by atoms with Crippen molar-refractivity contribution >= 4 is 0 Å². The second-order valence-corrected chi connectivity index (χ2v) is 2.73. The van der Waals surface area contributed by atoms with Crippen LogP contribution in [0.25, 0.3) is 0 Å². The van der Waals surface area contributed by atoms with E-state index < -0.39 is 11.6 Å². The van der Waals surface area contributed by atoms with Crippen molar-refractivity contribution in [3.63, 3.8) is 0 Å². The molecule has 1 nitrogen and oxygen atoms in total. The van der Waals surface area contributed by atoms with E-state index in [4.69, 9.17) is 5.11 Å². The molecule has 0 saturated heterocycles.